The average Bonchev–Trinajstić information content (AvgIpc) is 2.93. The maximum absolute atomic E-state index is 13.8. The van der Waals surface area contributed by atoms with Crippen LogP contribution in [-0.2, 0) is 4.79 Å². The van der Waals surface area contributed by atoms with Crippen molar-refractivity contribution in [3.8, 4) is 5.75 Å². The molecule has 0 N–H and O–H groups in total. The first-order chi connectivity index (χ1) is 17.5. The monoisotopic (exact) mass is 492 g/mol. The van der Waals surface area contributed by atoms with Crippen molar-refractivity contribution in [1.82, 2.24) is 9.80 Å². The minimum atomic E-state index is -0.0718. The molecule has 1 saturated carbocycles. The fourth-order valence-electron chi connectivity index (χ4n) is 5.39. The highest BCUT2D eigenvalue weighted by Crippen LogP contribution is 2.31. The summed E-state index contributed by atoms with van der Waals surface area (Å²) in [7, 11) is 5.23. The molecule has 2 aromatic carbocycles. The topological polar surface area (TPSA) is 56.3 Å². The van der Waals surface area contributed by atoms with Gasteiger partial charge in [0.2, 0.25) is 5.91 Å². The number of carbonyl (C=O) groups is 2. The Morgan fingerprint density at radius 1 is 0.917 bits per heavy atom. The molecule has 2 fully saturated rings. The van der Waals surface area contributed by atoms with Gasteiger partial charge in [-0.05, 0) is 37.1 Å². The minimum absolute atomic E-state index is 0.0451. The molecular weight excluding hydrogens is 452 g/mol. The Bertz CT molecular complexity index is 1030. The lowest BCUT2D eigenvalue weighted by molar-refractivity contribution is -0.123. The zero-order chi connectivity index (χ0) is 25.5. The van der Waals surface area contributed by atoms with E-state index in [9.17, 15) is 9.59 Å². The first-order valence-electron chi connectivity index (χ1n) is 13.2. The molecule has 0 aromatic heterocycles. The van der Waals surface area contributed by atoms with E-state index in [1.165, 1.54) is 6.42 Å². The number of amides is 2. The summed E-state index contributed by atoms with van der Waals surface area (Å²) in [6.07, 6.45) is 5.30. The van der Waals surface area contributed by atoms with Crippen molar-refractivity contribution in [3.05, 3.63) is 54.1 Å². The van der Waals surface area contributed by atoms with E-state index in [4.69, 9.17) is 4.74 Å². The molecule has 0 atom stereocenters. The van der Waals surface area contributed by atoms with Gasteiger partial charge >= 0.3 is 0 Å². The van der Waals surface area contributed by atoms with Crippen LogP contribution in [0.3, 0.4) is 0 Å². The van der Waals surface area contributed by atoms with Gasteiger partial charge in [-0.25, -0.2) is 0 Å². The molecule has 0 unspecified atom stereocenters. The number of methoxy groups -OCH3 is 1. The van der Waals surface area contributed by atoms with Gasteiger partial charge in [-0.2, -0.15) is 0 Å². The van der Waals surface area contributed by atoms with Gasteiger partial charge in [-0.15, -0.1) is 0 Å². The Kier molecular flexibility index (Phi) is 8.86. The SMILES string of the molecule is COc1ccccc1N1CCN(CCN(C(=O)C2CCCCC2)c2ccccc2C(=O)N(C)C)CC1. The lowest BCUT2D eigenvalue weighted by atomic mass is 9.88. The van der Waals surface area contributed by atoms with E-state index in [1.54, 1.807) is 26.1 Å². The molecule has 2 amide bonds. The third-order valence-electron chi connectivity index (χ3n) is 7.49. The zero-order valence-electron chi connectivity index (χ0n) is 22.0. The number of anilines is 2. The Morgan fingerprint density at radius 2 is 1.58 bits per heavy atom. The molecule has 1 heterocycles. The van der Waals surface area contributed by atoms with Crippen molar-refractivity contribution in [2.45, 2.75) is 32.1 Å². The highest BCUT2D eigenvalue weighted by molar-refractivity contribution is 6.05. The standard InChI is InChI=1S/C29H40N4O3/c1-30(2)29(35)24-13-7-8-14-25(24)33(28(34)23-11-5-4-6-12-23)22-19-31-17-20-32(21-18-31)26-15-9-10-16-27(26)36-3/h7-10,13-16,23H,4-6,11-12,17-22H2,1-3H3. The fourth-order valence-corrected chi connectivity index (χ4v) is 5.39. The number of nitrogens with zero attached hydrogens (tertiary/aromatic N) is 4. The van der Waals surface area contributed by atoms with Crippen molar-refractivity contribution in [2.24, 2.45) is 5.92 Å². The van der Waals surface area contributed by atoms with E-state index in [1.807, 2.05) is 47.4 Å². The van der Waals surface area contributed by atoms with Crippen LogP contribution < -0.4 is 14.5 Å². The average molecular weight is 493 g/mol. The molecule has 0 radical (unpaired) electrons. The van der Waals surface area contributed by atoms with Crippen molar-refractivity contribution >= 4 is 23.2 Å². The predicted octanol–water partition coefficient (Wildman–Crippen LogP) is 4.13. The van der Waals surface area contributed by atoms with E-state index in [-0.39, 0.29) is 17.7 Å². The summed E-state index contributed by atoms with van der Waals surface area (Å²) in [5.41, 5.74) is 2.46. The Labute approximate surface area is 215 Å². The van der Waals surface area contributed by atoms with E-state index >= 15 is 0 Å². The second kappa shape index (κ2) is 12.3. The molecule has 2 aromatic rings. The summed E-state index contributed by atoms with van der Waals surface area (Å²) >= 11 is 0. The maximum Gasteiger partial charge on any atom is 0.255 e. The second-order valence-corrected chi connectivity index (χ2v) is 10.0. The number of hydrogen-bond donors (Lipinski definition) is 0. The molecule has 194 valence electrons. The Morgan fingerprint density at radius 3 is 2.28 bits per heavy atom. The Hall–Kier alpha value is -3.06. The van der Waals surface area contributed by atoms with E-state index in [0.29, 0.717) is 12.1 Å². The zero-order valence-corrected chi connectivity index (χ0v) is 22.0. The summed E-state index contributed by atoms with van der Waals surface area (Å²) in [5.74, 6) is 1.04. The van der Waals surface area contributed by atoms with Crippen molar-refractivity contribution in [2.75, 3.05) is 70.3 Å². The fraction of sp³-hybridized carbons (Fsp3) is 0.517. The van der Waals surface area contributed by atoms with Crippen LogP contribution in [0.2, 0.25) is 0 Å². The number of hydrogen-bond acceptors (Lipinski definition) is 5. The highest BCUT2D eigenvalue weighted by Gasteiger charge is 2.30. The molecule has 1 saturated heterocycles. The lowest BCUT2D eigenvalue weighted by Crippen LogP contribution is -2.50. The van der Waals surface area contributed by atoms with Crippen LogP contribution >= 0.6 is 0 Å². The van der Waals surface area contributed by atoms with Gasteiger partial charge in [0.05, 0.1) is 24.0 Å². The van der Waals surface area contributed by atoms with Crippen LogP contribution in [0.1, 0.15) is 42.5 Å². The van der Waals surface area contributed by atoms with Crippen LogP contribution in [0.15, 0.2) is 48.5 Å². The number of piperazine rings is 1. The number of para-hydroxylation sites is 3. The van der Waals surface area contributed by atoms with Crippen LogP contribution in [0.4, 0.5) is 11.4 Å². The molecule has 7 nitrogen and oxygen atoms in total. The van der Waals surface area contributed by atoms with Crippen LogP contribution in [0, 0.1) is 5.92 Å². The lowest BCUT2D eigenvalue weighted by Gasteiger charge is -2.38. The summed E-state index contributed by atoms with van der Waals surface area (Å²) < 4.78 is 5.55. The summed E-state index contributed by atoms with van der Waals surface area (Å²) in [4.78, 5) is 35.0. The second-order valence-electron chi connectivity index (χ2n) is 10.0. The molecule has 0 spiro atoms. The molecule has 36 heavy (non-hydrogen) atoms. The highest BCUT2D eigenvalue weighted by atomic mass is 16.5. The normalized spacial score (nSPS) is 17.0. The predicted molar refractivity (Wildman–Crippen MR) is 145 cm³/mol. The van der Waals surface area contributed by atoms with Gasteiger partial charge < -0.3 is 19.4 Å². The van der Waals surface area contributed by atoms with Gasteiger partial charge in [0.15, 0.2) is 0 Å². The van der Waals surface area contributed by atoms with Gasteiger partial charge in [-0.1, -0.05) is 43.5 Å². The number of ether oxygens (including phenoxy) is 1. The molecular formula is C29H40N4O3. The van der Waals surface area contributed by atoms with Crippen molar-refractivity contribution < 1.29 is 14.3 Å². The summed E-state index contributed by atoms with van der Waals surface area (Å²) in [5, 5.41) is 0. The molecule has 2 aliphatic rings. The molecule has 1 aliphatic carbocycles. The van der Waals surface area contributed by atoms with Crippen molar-refractivity contribution in [3.63, 3.8) is 0 Å². The van der Waals surface area contributed by atoms with E-state index < -0.39 is 0 Å². The molecule has 7 heteroatoms. The number of benzene rings is 2. The smallest absolute Gasteiger partial charge is 0.255 e. The van der Waals surface area contributed by atoms with Crippen LogP contribution in [-0.4, -0.2) is 82.1 Å². The van der Waals surface area contributed by atoms with Gasteiger partial charge in [0.1, 0.15) is 5.75 Å². The maximum atomic E-state index is 13.8. The Balaban J connectivity index is 1.47. The van der Waals surface area contributed by atoms with Gasteiger partial charge in [0.25, 0.3) is 5.91 Å². The van der Waals surface area contributed by atoms with Crippen LogP contribution in [0.5, 0.6) is 5.75 Å². The minimum Gasteiger partial charge on any atom is -0.495 e. The summed E-state index contributed by atoms with van der Waals surface area (Å²) in [6.45, 7) is 5.02. The molecule has 4 rings (SSSR count). The first kappa shape index (κ1) is 26.0. The quantitative estimate of drug-likeness (QED) is 0.555. The third kappa shape index (κ3) is 6.01. The third-order valence-corrected chi connectivity index (χ3v) is 7.49. The molecule has 1 aliphatic heterocycles. The van der Waals surface area contributed by atoms with Crippen molar-refractivity contribution in [1.29, 1.82) is 0 Å². The van der Waals surface area contributed by atoms with Gasteiger partial charge in [-0.3, -0.25) is 14.5 Å². The number of rotatable bonds is 8. The molecule has 0 bridgehead atoms. The van der Waals surface area contributed by atoms with E-state index in [0.717, 1.165) is 75.5 Å². The summed E-state index contributed by atoms with van der Waals surface area (Å²) in [6, 6.07) is 15.7. The van der Waals surface area contributed by atoms with Crippen LogP contribution in [0.25, 0.3) is 0 Å². The largest absolute Gasteiger partial charge is 0.495 e. The number of carbonyl (C=O) groups excluding carboxylic acids is 2. The van der Waals surface area contributed by atoms with Gasteiger partial charge in [0, 0.05) is 59.3 Å². The first-order valence-corrected chi connectivity index (χ1v) is 13.2. The van der Waals surface area contributed by atoms with E-state index in [2.05, 4.69) is 15.9 Å².